The molecule has 0 amide bonds. The highest BCUT2D eigenvalue weighted by Gasteiger charge is 2.28. The van der Waals surface area contributed by atoms with Crippen molar-refractivity contribution in [1.82, 2.24) is 10.2 Å². The van der Waals surface area contributed by atoms with Gasteiger partial charge in [0.05, 0.1) is 17.0 Å². The standard InChI is InChI=1S/C19H31FN4O2S.HI/c1-5-21-18(22-10-15-27(25,26)19(2,3)4)24-13-11-23(12-14-24)17-8-6-16(20)7-9-17;/h6-9H,5,10-15H2,1-4H3,(H,21,22);1H. The third-order valence-corrected chi connectivity index (χ3v) is 7.25. The molecule has 0 atom stereocenters. The zero-order valence-corrected chi connectivity index (χ0v) is 20.3. The summed E-state index contributed by atoms with van der Waals surface area (Å²) in [6.45, 7) is 11.3. The van der Waals surface area contributed by atoms with Gasteiger partial charge in [-0.2, -0.15) is 0 Å². The maximum Gasteiger partial charge on any atom is 0.194 e. The normalized spacial score (nSPS) is 16.0. The summed E-state index contributed by atoms with van der Waals surface area (Å²) in [5, 5.41) is 3.25. The zero-order valence-electron chi connectivity index (χ0n) is 17.1. The van der Waals surface area contributed by atoms with Crippen molar-refractivity contribution in [2.45, 2.75) is 32.4 Å². The number of nitrogens with zero attached hydrogens (tertiary/aromatic N) is 3. The third kappa shape index (κ3) is 6.75. The Balaban J connectivity index is 0.00000392. The Kier molecular flexibility index (Phi) is 9.45. The van der Waals surface area contributed by atoms with Gasteiger partial charge in [0.1, 0.15) is 5.82 Å². The van der Waals surface area contributed by atoms with Gasteiger partial charge in [0, 0.05) is 38.4 Å². The van der Waals surface area contributed by atoms with Gasteiger partial charge in [-0.05, 0) is 52.0 Å². The molecule has 0 bridgehead atoms. The lowest BCUT2D eigenvalue weighted by molar-refractivity contribution is 0.373. The van der Waals surface area contributed by atoms with E-state index >= 15 is 0 Å². The molecule has 1 saturated heterocycles. The van der Waals surface area contributed by atoms with E-state index in [9.17, 15) is 12.8 Å². The first-order valence-corrected chi connectivity index (χ1v) is 11.1. The van der Waals surface area contributed by atoms with Gasteiger partial charge in [0.2, 0.25) is 0 Å². The van der Waals surface area contributed by atoms with Crippen LogP contribution >= 0.6 is 24.0 Å². The SMILES string of the molecule is CCNC(=NCCS(=O)(=O)C(C)(C)C)N1CCN(c2ccc(F)cc2)CC1.I. The van der Waals surface area contributed by atoms with Gasteiger partial charge in [0.25, 0.3) is 0 Å². The molecular weight excluding hydrogens is 494 g/mol. The van der Waals surface area contributed by atoms with Crippen molar-refractivity contribution in [3.63, 3.8) is 0 Å². The minimum absolute atomic E-state index is 0. The molecule has 1 fully saturated rings. The van der Waals surface area contributed by atoms with Gasteiger partial charge < -0.3 is 15.1 Å². The Bertz CT molecular complexity index is 740. The van der Waals surface area contributed by atoms with Crippen LogP contribution in [0, 0.1) is 5.82 Å². The lowest BCUT2D eigenvalue weighted by Gasteiger charge is -2.37. The van der Waals surface area contributed by atoms with Crippen molar-refractivity contribution in [2.24, 2.45) is 4.99 Å². The molecule has 1 heterocycles. The van der Waals surface area contributed by atoms with Crippen molar-refractivity contribution < 1.29 is 12.8 Å². The van der Waals surface area contributed by atoms with Gasteiger partial charge in [-0.1, -0.05) is 0 Å². The van der Waals surface area contributed by atoms with E-state index in [0.29, 0.717) is 0 Å². The molecule has 160 valence electrons. The Morgan fingerprint density at radius 2 is 1.71 bits per heavy atom. The van der Waals surface area contributed by atoms with E-state index in [1.807, 2.05) is 6.92 Å². The highest BCUT2D eigenvalue weighted by molar-refractivity contribution is 14.0. The van der Waals surface area contributed by atoms with Gasteiger partial charge in [-0.15, -0.1) is 24.0 Å². The molecule has 9 heteroatoms. The number of piperazine rings is 1. The Morgan fingerprint density at radius 3 is 2.21 bits per heavy atom. The van der Waals surface area contributed by atoms with Gasteiger partial charge in [-0.3, -0.25) is 4.99 Å². The molecule has 0 unspecified atom stereocenters. The van der Waals surface area contributed by atoms with Crippen molar-refractivity contribution >= 4 is 45.5 Å². The van der Waals surface area contributed by atoms with E-state index in [-0.39, 0.29) is 42.1 Å². The number of halogens is 2. The van der Waals surface area contributed by atoms with E-state index in [1.165, 1.54) is 12.1 Å². The molecule has 0 aliphatic carbocycles. The first kappa shape index (κ1) is 24.9. The zero-order chi connectivity index (χ0) is 20.1. The van der Waals surface area contributed by atoms with Crippen LogP contribution in [0.15, 0.2) is 29.3 Å². The lowest BCUT2D eigenvalue weighted by Crippen LogP contribution is -2.52. The average molecular weight is 526 g/mol. The summed E-state index contributed by atoms with van der Waals surface area (Å²) in [7, 11) is -3.18. The van der Waals surface area contributed by atoms with Crippen LogP contribution in [0.3, 0.4) is 0 Å². The lowest BCUT2D eigenvalue weighted by atomic mass is 10.2. The molecule has 1 aliphatic rings. The number of sulfone groups is 1. The molecule has 6 nitrogen and oxygen atoms in total. The van der Waals surface area contributed by atoms with E-state index < -0.39 is 14.6 Å². The quantitative estimate of drug-likeness (QED) is 0.363. The number of rotatable bonds is 5. The molecule has 0 spiro atoms. The Labute approximate surface area is 185 Å². The van der Waals surface area contributed by atoms with Crippen LogP contribution in [0.2, 0.25) is 0 Å². The second-order valence-corrected chi connectivity index (χ2v) is 10.5. The van der Waals surface area contributed by atoms with Crippen LogP contribution in [0.25, 0.3) is 0 Å². The monoisotopic (exact) mass is 526 g/mol. The summed E-state index contributed by atoms with van der Waals surface area (Å²) < 4.78 is 36.8. The van der Waals surface area contributed by atoms with Gasteiger partial charge in [-0.25, -0.2) is 12.8 Å². The van der Waals surface area contributed by atoms with Crippen LogP contribution in [0.5, 0.6) is 0 Å². The fourth-order valence-corrected chi connectivity index (χ4v) is 3.78. The van der Waals surface area contributed by atoms with E-state index in [1.54, 1.807) is 32.9 Å². The van der Waals surface area contributed by atoms with E-state index in [2.05, 4.69) is 20.1 Å². The first-order valence-electron chi connectivity index (χ1n) is 9.40. The Morgan fingerprint density at radius 1 is 1.14 bits per heavy atom. The predicted octanol–water partition coefficient (Wildman–Crippen LogP) is 2.74. The molecule has 1 aliphatic heterocycles. The fourth-order valence-electron chi connectivity index (χ4n) is 2.83. The van der Waals surface area contributed by atoms with Crippen molar-refractivity contribution in [3.05, 3.63) is 30.1 Å². The summed E-state index contributed by atoms with van der Waals surface area (Å²) in [6.07, 6.45) is 0. The maximum atomic E-state index is 13.1. The van der Waals surface area contributed by atoms with Crippen LogP contribution < -0.4 is 10.2 Å². The molecule has 2 rings (SSSR count). The fraction of sp³-hybridized carbons (Fsp3) is 0.632. The molecule has 28 heavy (non-hydrogen) atoms. The molecule has 0 aromatic heterocycles. The maximum absolute atomic E-state index is 13.1. The molecule has 0 radical (unpaired) electrons. The van der Waals surface area contributed by atoms with Gasteiger partial charge in [0.15, 0.2) is 15.8 Å². The van der Waals surface area contributed by atoms with E-state index in [4.69, 9.17) is 0 Å². The number of anilines is 1. The number of nitrogens with one attached hydrogen (secondary N) is 1. The summed E-state index contributed by atoms with van der Waals surface area (Å²) in [5.74, 6) is 0.561. The molecule has 0 saturated carbocycles. The summed E-state index contributed by atoms with van der Waals surface area (Å²) in [5.41, 5.74) is 1.01. The van der Waals surface area contributed by atoms with Gasteiger partial charge >= 0.3 is 0 Å². The van der Waals surface area contributed by atoms with Crippen molar-refractivity contribution in [1.29, 1.82) is 0 Å². The summed E-state index contributed by atoms with van der Waals surface area (Å²) in [4.78, 5) is 8.89. The molecule has 1 aromatic carbocycles. The minimum atomic E-state index is -3.18. The Hall–Kier alpha value is -1.10. The number of benzene rings is 1. The molecule has 1 N–H and O–H groups in total. The minimum Gasteiger partial charge on any atom is -0.368 e. The van der Waals surface area contributed by atoms with E-state index in [0.717, 1.165) is 44.4 Å². The van der Waals surface area contributed by atoms with Crippen molar-refractivity contribution in [3.8, 4) is 0 Å². The average Bonchev–Trinajstić information content (AvgIpc) is 2.61. The number of hydrogen-bond acceptors (Lipinski definition) is 4. The van der Waals surface area contributed by atoms with Crippen LogP contribution in [-0.2, 0) is 9.84 Å². The largest absolute Gasteiger partial charge is 0.368 e. The van der Waals surface area contributed by atoms with Crippen molar-refractivity contribution in [2.75, 3.05) is 49.9 Å². The molecular formula is C19H32FIN4O2S. The summed E-state index contributed by atoms with van der Waals surface area (Å²) in [6, 6.07) is 6.54. The second-order valence-electron chi connectivity index (χ2n) is 7.62. The third-order valence-electron chi connectivity index (χ3n) is 4.66. The number of aliphatic imine (C=N–C) groups is 1. The summed E-state index contributed by atoms with van der Waals surface area (Å²) >= 11 is 0. The highest BCUT2D eigenvalue weighted by Crippen LogP contribution is 2.17. The highest BCUT2D eigenvalue weighted by atomic mass is 127. The second kappa shape index (κ2) is 10.6. The number of hydrogen-bond donors (Lipinski definition) is 1. The predicted molar refractivity (Wildman–Crippen MR) is 125 cm³/mol. The topological polar surface area (TPSA) is 65.0 Å². The van der Waals surface area contributed by atoms with Crippen LogP contribution in [0.1, 0.15) is 27.7 Å². The van der Waals surface area contributed by atoms with Crippen LogP contribution in [0.4, 0.5) is 10.1 Å². The molecule has 1 aromatic rings. The first-order chi connectivity index (χ1) is 12.6. The smallest absolute Gasteiger partial charge is 0.194 e. The van der Waals surface area contributed by atoms with Crippen LogP contribution in [-0.4, -0.2) is 69.0 Å². The number of guanidine groups is 1.